The van der Waals surface area contributed by atoms with Gasteiger partial charge in [0.1, 0.15) is 11.5 Å². The van der Waals surface area contributed by atoms with Gasteiger partial charge in [-0.15, -0.1) is 0 Å². The summed E-state index contributed by atoms with van der Waals surface area (Å²) in [6.07, 6.45) is 1.11. The van der Waals surface area contributed by atoms with Gasteiger partial charge in [-0.1, -0.05) is 18.2 Å². The zero-order valence-corrected chi connectivity index (χ0v) is 8.72. The Morgan fingerprint density at radius 3 is 2.47 bits per heavy atom. The second-order valence-corrected chi connectivity index (χ2v) is 3.67. The molecule has 0 aliphatic carbocycles. The number of hydrogen-bond donors (Lipinski definition) is 0. The number of fused-ring (bicyclic) bond motifs is 1. The molecule has 0 saturated heterocycles. The fraction of sp³-hybridized carbons (Fsp3) is 0. The Morgan fingerprint density at radius 2 is 1.76 bits per heavy atom. The lowest BCUT2D eigenvalue weighted by Crippen LogP contribution is -2.03. The monoisotopic (exact) mass is 226 g/mol. The summed E-state index contributed by atoms with van der Waals surface area (Å²) in [6.45, 7) is 0. The van der Waals surface area contributed by atoms with Crippen molar-refractivity contribution in [1.29, 1.82) is 0 Å². The molecule has 0 spiro atoms. The third kappa shape index (κ3) is 1.54. The van der Waals surface area contributed by atoms with Crippen LogP contribution in [0.15, 0.2) is 47.6 Å². The Hall–Kier alpha value is -2.36. The second kappa shape index (κ2) is 3.59. The Balaban J connectivity index is 2.15. The molecule has 82 valence electrons. The quantitative estimate of drug-likeness (QED) is 0.748. The highest BCUT2D eigenvalue weighted by Crippen LogP contribution is 2.21. The highest BCUT2D eigenvalue weighted by atomic mass is 19.1. The third-order valence-electron chi connectivity index (χ3n) is 2.60. The van der Waals surface area contributed by atoms with E-state index in [1.165, 1.54) is 12.1 Å². The van der Waals surface area contributed by atoms with E-state index in [2.05, 4.69) is 9.98 Å². The van der Waals surface area contributed by atoms with Crippen LogP contribution in [0.1, 0.15) is 21.6 Å². The number of hydrogen-bond acceptors (Lipinski definition) is 2. The van der Waals surface area contributed by atoms with Crippen molar-refractivity contribution in [3.63, 3.8) is 0 Å². The summed E-state index contributed by atoms with van der Waals surface area (Å²) in [5.41, 5.74) is 2.32. The molecule has 1 aromatic carbocycles. The minimum absolute atomic E-state index is 0.276. The van der Waals surface area contributed by atoms with Crippen LogP contribution < -0.4 is 0 Å². The summed E-state index contributed by atoms with van der Waals surface area (Å²) in [5, 5.41) is 0. The molecule has 3 rings (SSSR count). The van der Waals surface area contributed by atoms with Crippen LogP contribution in [0.2, 0.25) is 0 Å². The van der Waals surface area contributed by atoms with Gasteiger partial charge in [0, 0.05) is 5.56 Å². The van der Waals surface area contributed by atoms with Gasteiger partial charge in [-0.2, -0.15) is 0 Å². The average molecular weight is 226 g/mol. The third-order valence-corrected chi connectivity index (χ3v) is 2.60. The molecule has 0 fully saturated rings. The SMILES string of the molecule is O=C1N=C(c2ccc(F)cn2)c2ccccc21. The van der Waals surface area contributed by atoms with E-state index in [0.717, 1.165) is 11.8 Å². The number of carbonyl (C=O) groups is 1. The van der Waals surface area contributed by atoms with E-state index >= 15 is 0 Å². The van der Waals surface area contributed by atoms with Gasteiger partial charge in [0.2, 0.25) is 0 Å². The second-order valence-electron chi connectivity index (χ2n) is 3.67. The van der Waals surface area contributed by atoms with E-state index in [-0.39, 0.29) is 5.91 Å². The van der Waals surface area contributed by atoms with E-state index in [9.17, 15) is 9.18 Å². The highest BCUT2D eigenvalue weighted by Gasteiger charge is 2.24. The van der Waals surface area contributed by atoms with Gasteiger partial charge in [0.15, 0.2) is 0 Å². The number of halogens is 1. The van der Waals surface area contributed by atoms with Crippen molar-refractivity contribution in [3.05, 3.63) is 65.2 Å². The molecule has 0 atom stereocenters. The number of benzene rings is 1. The van der Waals surface area contributed by atoms with E-state index in [1.807, 2.05) is 12.1 Å². The summed E-state index contributed by atoms with van der Waals surface area (Å²) in [5.74, 6) is -0.686. The van der Waals surface area contributed by atoms with Gasteiger partial charge in [-0.05, 0) is 18.2 Å². The molecule has 2 aromatic rings. The summed E-state index contributed by atoms with van der Waals surface area (Å²) >= 11 is 0. The minimum atomic E-state index is -0.410. The Bertz CT molecular complexity index is 632. The van der Waals surface area contributed by atoms with Crippen LogP contribution in [0.25, 0.3) is 0 Å². The molecule has 0 saturated carbocycles. The largest absolute Gasteiger partial charge is 0.278 e. The maximum atomic E-state index is 12.8. The van der Waals surface area contributed by atoms with Crippen LogP contribution in [-0.4, -0.2) is 16.6 Å². The smallest absolute Gasteiger partial charge is 0.267 e. The number of rotatable bonds is 1. The van der Waals surface area contributed by atoms with Gasteiger partial charge in [0.25, 0.3) is 5.91 Å². The van der Waals surface area contributed by atoms with Gasteiger partial charge in [-0.3, -0.25) is 9.78 Å². The lowest BCUT2D eigenvalue weighted by molar-refractivity contribution is 0.101. The van der Waals surface area contributed by atoms with E-state index in [4.69, 9.17) is 0 Å². The molecule has 17 heavy (non-hydrogen) atoms. The molecule has 0 radical (unpaired) electrons. The number of aromatic nitrogens is 1. The maximum Gasteiger partial charge on any atom is 0.278 e. The fourth-order valence-corrected chi connectivity index (χ4v) is 1.81. The summed E-state index contributed by atoms with van der Waals surface area (Å²) in [6, 6.07) is 9.96. The van der Waals surface area contributed by atoms with Crippen molar-refractivity contribution < 1.29 is 9.18 Å². The molecule has 2 heterocycles. The molecule has 0 bridgehead atoms. The normalized spacial score (nSPS) is 13.5. The lowest BCUT2D eigenvalue weighted by Gasteiger charge is -2.01. The molecular formula is C13H7FN2O. The zero-order chi connectivity index (χ0) is 11.8. The first kappa shape index (κ1) is 9.84. The molecule has 0 N–H and O–H groups in total. The number of pyridine rings is 1. The van der Waals surface area contributed by atoms with Gasteiger partial charge in [0.05, 0.1) is 17.5 Å². The van der Waals surface area contributed by atoms with Gasteiger partial charge in [-0.25, -0.2) is 9.38 Å². The molecule has 4 heteroatoms. The van der Waals surface area contributed by atoms with Crippen molar-refractivity contribution in [1.82, 2.24) is 4.98 Å². The first-order chi connectivity index (χ1) is 8.25. The van der Waals surface area contributed by atoms with Crippen LogP contribution in [0.5, 0.6) is 0 Å². The summed E-state index contributed by atoms with van der Waals surface area (Å²) < 4.78 is 12.8. The Kier molecular flexibility index (Phi) is 2.08. The molecule has 0 unspecified atom stereocenters. The minimum Gasteiger partial charge on any atom is -0.267 e. The lowest BCUT2D eigenvalue weighted by atomic mass is 10.0. The predicted octanol–water partition coefficient (Wildman–Crippen LogP) is 2.21. The number of carbonyl (C=O) groups excluding carboxylic acids is 1. The van der Waals surface area contributed by atoms with Crippen molar-refractivity contribution in [2.45, 2.75) is 0 Å². The van der Waals surface area contributed by atoms with Crippen LogP contribution in [0.3, 0.4) is 0 Å². The molecule has 3 nitrogen and oxygen atoms in total. The first-order valence-electron chi connectivity index (χ1n) is 5.10. The van der Waals surface area contributed by atoms with Gasteiger partial charge >= 0.3 is 0 Å². The topological polar surface area (TPSA) is 42.3 Å². The number of aliphatic imine (C=N–C) groups is 1. The zero-order valence-electron chi connectivity index (χ0n) is 8.72. The summed E-state index contributed by atoms with van der Waals surface area (Å²) in [4.78, 5) is 19.5. The number of nitrogens with zero attached hydrogens (tertiary/aromatic N) is 2. The molecule has 1 aliphatic rings. The van der Waals surface area contributed by atoms with E-state index in [0.29, 0.717) is 17.0 Å². The Labute approximate surface area is 96.7 Å². The van der Waals surface area contributed by atoms with Crippen molar-refractivity contribution >= 4 is 11.6 Å². The van der Waals surface area contributed by atoms with Crippen LogP contribution in [0, 0.1) is 5.82 Å². The molecule has 1 aliphatic heterocycles. The van der Waals surface area contributed by atoms with E-state index in [1.54, 1.807) is 12.1 Å². The maximum absolute atomic E-state index is 12.8. The van der Waals surface area contributed by atoms with Crippen molar-refractivity contribution in [3.8, 4) is 0 Å². The fourth-order valence-electron chi connectivity index (χ4n) is 1.81. The number of amides is 1. The van der Waals surface area contributed by atoms with Crippen molar-refractivity contribution in [2.75, 3.05) is 0 Å². The molecule has 1 amide bonds. The van der Waals surface area contributed by atoms with Gasteiger partial charge < -0.3 is 0 Å². The van der Waals surface area contributed by atoms with Crippen LogP contribution >= 0.6 is 0 Å². The Morgan fingerprint density at radius 1 is 1.00 bits per heavy atom. The van der Waals surface area contributed by atoms with E-state index < -0.39 is 5.82 Å². The van der Waals surface area contributed by atoms with Crippen LogP contribution in [0.4, 0.5) is 4.39 Å². The highest BCUT2D eigenvalue weighted by molar-refractivity contribution is 6.26. The predicted molar refractivity (Wildman–Crippen MR) is 60.6 cm³/mol. The average Bonchev–Trinajstić information content (AvgIpc) is 2.69. The first-order valence-corrected chi connectivity index (χ1v) is 5.10. The van der Waals surface area contributed by atoms with Crippen molar-refractivity contribution in [2.24, 2.45) is 4.99 Å². The standard InChI is InChI=1S/C13H7FN2O/c14-8-5-6-11(15-7-8)12-9-3-1-2-4-10(9)13(17)16-12/h1-7H. The molecule has 1 aromatic heterocycles. The van der Waals surface area contributed by atoms with Crippen LogP contribution in [-0.2, 0) is 0 Å². The summed E-state index contributed by atoms with van der Waals surface area (Å²) in [7, 11) is 0. The molecular weight excluding hydrogens is 219 g/mol.